The lowest BCUT2D eigenvalue weighted by Crippen LogP contribution is -2.22. The van der Waals surface area contributed by atoms with Crippen LogP contribution in [0.1, 0.15) is 66.0 Å². The summed E-state index contributed by atoms with van der Waals surface area (Å²) in [6.07, 6.45) is 2.00. The van der Waals surface area contributed by atoms with Crippen molar-refractivity contribution in [1.82, 2.24) is 0 Å². The van der Waals surface area contributed by atoms with E-state index < -0.39 is 5.97 Å². The van der Waals surface area contributed by atoms with Crippen molar-refractivity contribution in [3.05, 3.63) is 35.1 Å². The Morgan fingerprint density at radius 3 is 1.88 bits per heavy atom. The third-order valence-electron chi connectivity index (χ3n) is 3.72. The molecule has 0 amide bonds. The van der Waals surface area contributed by atoms with E-state index in [-0.39, 0.29) is 16.6 Å². The minimum absolute atomic E-state index is 0.256. The summed E-state index contributed by atoms with van der Waals surface area (Å²) in [4.78, 5) is 12.2. The second kappa shape index (κ2) is 7.29. The number of ether oxygens (including phenoxy) is 2. The second-order valence-corrected chi connectivity index (χ2v) is 7.94. The van der Waals surface area contributed by atoms with Gasteiger partial charge in [0, 0.05) is 11.1 Å². The van der Waals surface area contributed by atoms with Gasteiger partial charge in [0.1, 0.15) is 11.5 Å². The normalized spacial score (nSPS) is 12.9. The van der Waals surface area contributed by atoms with E-state index in [1.54, 1.807) is 7.11 Å². The summed E-state index contributed by atoms with van der Waals surface area (Å²) in [5.74, 6) is 0.112. The number of aliphatic hydroxyl groups is 1. The molecule has 4 nitrogen and oxygen atoms in total. The van der Waals surface area contributed by atoms with Gasteiger partial charge in [-0.25, -0.2) is 4.79 Å². The van der Waals surface area contributed by atoms with Gasteiger partial charge in [0.25, 0.3) is 0 Å². The number of hydrogen-bond donors (Lipinski definition) is 1. The Kier molecular flexibility index (Phi) is 6.09. The minimum atomic E-state index is -0.738. The molecule has 0 bridgehead atoms. The highest BCUT2D eigenvalue weighted by Gasteiger charge is 2.30. The zero-order valence-electron chi connectivity index (χ0n) is 16.1. The van der Waals surface area contributed by atoms with Crippen LogP contribution in [-0.4, -0.2) is 18.2 Å². The number of aliphatic hydroxyl groups excluding tert-OH is 1. The van der Waals surface area contributed by atoms with Gasteiger partial charge >= 0.3 is 5.97 Å². The van der Waals surface area contributed by atoms with Crippen LogP contribution < -0.4 is 9.47 Å². The summed E-state index contributed by atoms with van der Waals surface area (Å²) in [5.41, 5.74) is 1.22. The van der Waals surface area contributed by atoms with E-state index in [9.17, 15) is 9.90 Å². The molecule has 134 valence electrons. The Bertz CT molecular complexity index is 593. The minimum Gasteiger partial charge on any atom is -0.502 e. The van der Waals surface area contributed by atoms with Gasteiger partial charge in [0.05, 0.1) is 7.11 Å². The highest BCUT2D eigenvalue weighted by molar-refractivity contribution is 5.88. The highest BCUT2D eigenvalue weighted by atomic mass is 16.5. The van der Waals surface area contributed by atoms with Crippen molar-refractivity contribution in [2.24, 2.45) is 0 Å². The highest BCUT2D eigenvalue weighted by Crippen LogP contribution is 2.42. The largest absolute Gasteiger partial charge is 0.502 e. The quantitative estimate of drug-likeness (QED) is 0.362. The average molecular weight is 334 g/mol. The number of carbonyl (C=O) groups excluding carboxylic acids is 1. The fraction of sp³-hybridized carbons (Fsp3) is 0.550. The predicted molar refractivity (Wildman–Crippen MR) is 97.0 cm³/mol. The molecule has 0 saturated heterocycles. The summed E-state index contributed by atoms with van der Waals surface area (Å²) in [7, 11) is 1.62. The van der Waals surface area contributed by atoms with Crippen molar-refractivity contribution in [3.63, 3.8) is 0 Å². The molecule has 0 atom stereocenters. The molecule has 4 heteroatoms. The third kappa shape index (κ3) is 4.76. The van der Waals surface area contributed by atoms with Crippen molar-refractivity contribution >= 4 is 5.97 Å². The first-order valence-corrected chi connectivity index (χ1v) is 8.26. The summed E-state index contributed by atoms with van der Waals surface area (Å²) in [5, 5.41) is 9.83. The number of esters is 1. The lowest BCUT2D eigenvalue weighted by Gasteiger charge is -2.29. The Labute approximate surface area is 145 Å². The molecule has 0 spiro atoms. The third-order valence-corrected chi connectivity index (χ3v) is 3.72. The van der Waals surface area contributed by atoms with Crippen LogP contribution in [0.4, 0.5) is 0 Å². The fourth-order valence-corrected chi connectivity index (χ4v) is 2.37. The lowest BCUT2D eigenvalue weighted by molar-refractivity contribution is -0.133. The molecule has 1 rings (SSSR count). The van der Waals surface area contributed by atoms with Crippen molar-refractivity contribution in [2.45, 2.75) is 65.7 Å². The first-order chi connectivity index (χ1) is 10.9. The maximum Gasteiger partial charge on any atom is 0.378 e. The molecule has 0 unspecified atom stereocenters. The van der Waals surface area contributed by atoms with Crippen LogP contribution in [0.5, 0.6) is 11.5 Å². The zero-order chi connectivity index (χ0) is 18.7. The zero-order valence-corrected chi connectivity index (χ0v) is 16.1. The molecule has 1 N–H and O–H groups in total. The molecule has 0 aliphatic carbocycles. The van der Waals surface area contributed by atoms with E-state index in [0.29, 0.717) is 12.2 Å². The maximum absolute atomic E-state index is 12.2. The van der Waals surface area contributed by atoms with E-state index in [2.05, 4.69) is 0 Å². The topological polar surface area (TPSA) is 55.8 Å². The van der Waals surface area contributed by atoms with Crippen LogP contribution in [0.3, 0.4) is 0 Å². The second-order valence-electron chi connectivity index (χ2n) is 7.94. The Morgan fingerprint density at radius 2 is 1.54 bits per heavy atom. The van der Waals surface area contributed by atoms with Gasteiger partial charge < -0.3 is 14.6 Å². The number of rotatable bonds is 4. The Morgan fingerprint density at radius 1 is 1.08 bits per heavy atom. The van der Waals surface area contributed by atoms with E-state index in [1.807, 2.05) is 60.6 Å². The molecule has 0 aliphatic rings. The molecule has 0 fully saturated rings. The molecule has 24 heavy (non-hydrogen) atoms. The molecule has 0 heterocycles. The predicted octanol–water partition coefficient (Wildman–Crippen LogP) is 5.05. The number of hydrogen-bond acceptors (Lipinski definition) is 4. The molecular formula is C20H30O4. The maximum atomic E-state index is 12.2. The van der Waals surface area contributed by atoms with Crippen LogP contribution in [0.15, 0.2) is 24.0 Å². The van der Waals surface area contributed by atoms with Crippen LogP contribution in [0, 0.1) is 0 Å². The molecule has 1 aromatic rings. The van der Waals surface area contributed by atoms with Crippen molar-refractivity contribution in [3.8, 4) is 11.5 Å². The van der Waals surface area contributed by atoms with Crippen molar-refractivity contribution < 1.29 is 19.4 Å². The fourth-order valence-electron chi connectivity index (χ4n) is 2.37. The first-order valence-electron chi connectivity index (χ1n) is 8.26. The van der Waals surface area contributed by atoms with Gasteiger partial charge in [-0.3, -0.25) is 0 Å². The van der Waals surface area contributed by atoms with Gasteiger partial charge in [0.15, 0.2) is 5.76 Å². The number of allylic oxidation sites excluding steroid dienone is 1. The van der Waals surface area contributed by atoms with Crippen LogP contribution in [-0.2, 0) is 15.6 Å². The van der Waals surface area contributed by atoms with Gasteiger partial charge in [0.2, 0.25) is 0 Å². The standard InChI is InChI=1S/C20H30O4/c1-9-10-16(21)18(22)24-17-14(19(2,3)4)11-13(23-8)12-15(17)20(5,6)7/h10-12,21H,9H2,1-8H3/b16-10-. The Balaban J connectivity index is 3.59. The summed E-state index contributed by atoms with van der Waals surface area (Å²) in [6, 6.07) is 3.77. The lowest BCUT2D eigenvalue weighted by atomic mass is 9.79. The monoisotopic (exact) mass is 334 g/mol. The van der Waals surface area contributed by atoms with E-state index in [1.165, 1.54) is 6.08 Å². The van der Waals surface area contributed by atoms with Crippen LogP contribution in [0.25, 0.3) is 0 Å². The van der Waals surface area contributed by atoms with Gasteiger partial charge in [-0.05, 0) is 35.5 Å². The summed E-state index contributed by atoms with van der Waals surface area (Å²) >= 11 is 0. The first kappa shape index (κ1) is 20.1. The molecule has 0 aliphatic heterocycles. The Hall–Kier alpha value is -1.97. The number of carbonyl (C=O) groups is 1. The van der Waals surface area contributed by atoms with Crippen LogP contribution >= 0.6 is 0 Å². The van der Waals surface area contributed by atoms with Gasteiger partial charge in [-0.1, -0.05) is 48.5 Å². The SMILES string of the molecule is CC/C=C(\O)C(=O)Oc1c(C(C)(C)C)cc(OC)cc1C(C)(C)C. The molecule has 0 aromatic heterocycles. The van der Waals surface area contributed by atoms with Crippen molar-refractivity contribution in [2.75, 3.05) is 7.11 Å². The van der Waals surface area contributed by atoms with Crippen LogP contribution in [0.2, 0.25) is 0 Å². The number of methoxy groups -OCH3 is 1. The van der Waals surface area contributed by atoms with E-state index in [4.69, 9.17) is 9.47 Å². The van der Waals surface area contributed by atoms with Crippen molar-refractivity contribution in [1.29, 1.82) is 0 Å². The summed E-state index contributed by atoms with van der Waals surface area (Å²) in [6.45, 7) is 14.1. The van der Waals surface area contributed by atoms with E-state index in [0.717, 1.165) is 16.9 Å². The van der Waals surface area contributed by atoms with Gasteiger partial charge in [-0.15, -0.1) is 0 Å². The smallest absolute Gasteiger partial charge is 0.378 e. The molecular weight excluding hydrogens is 304 g/mol. The van der Waals surface area contributed by atoms with E-state index >= 15 is 0 Å². The molecule has 1 aromatic carbocycles. The van der Waals surface area contributed by atoms with Gasteiger partial charge in [-0.2, -0.15) is 0 Å². The number of benzene rings is 1. The average Bonchev–Trinajstić information content (AvgIpc) is 2.45. The summed E-state index contributed by atoms with van der Waals surface area (Å²) < 4.78 is 11.1. The molecule has 0 radical (unpaired) electrons. The molecule has 0 saturated carbocycles.